The molecule has 104 valence electrons. The smallest absolute Gasteiger partial charge is 0.308 e. The first-order chi connectivity index (χ1) is 9.06. The summed E-state index contributed by atoms with van der Waals surface area (Å²) >= 11 is 0. The third kappa shape index (κ3) is 3.56. The molecule has 1 N–H and O–H groups in total. The zero-order chi connectivity index (χ0) is 13.8. The molecular formula is C13H19N3O3. The number of rotatable bonds is 4. The van der Waals surface area contributed by atoms with Crippen molar-refractivity contribution in [2.24, 2.45) is 5.92 Å². The fourth-order valence-corrected chi connectivity index (χ4v) is 2.15. The van der Waals surface area contributed by atoms with Crippen LogP contribution in [-0.2, 0) is 4.79 Å². The summed E-state index contributed by atoms with van der Waals surface area (Å²) in [6, 6.07) is 1.71. The van der Waals surface area contributed by atoms with E-state index < -0.39 is 5.97 Å². The lowest BCUT2D eigenvalue weighted by Crippen LogP contribution is -2.39. The second kappa shape index (κ2) is 5.86. The fourth-order valence-electron chi connectivity index (χ4n) is 2.15. The summed E-state index contributed by atoms with van der Waals surface area (Å²) in [4.78, 5) is 21.5. The molecule has 1 aliphatic rings. The van der Waals surface area contributed by atoms with Gasteiger partial charge in [0.05, 0.1) is 12.0 Å². The van der Waals surface area contributed by atoms with E-state index in [1.807, 2.05) is 18.7 Å². The number of anilines is 1. The van der Waals surface area contributed by atoms with Gasteiger partial charge >= 0.3 is 5.97 Å². The van der Waals surface area contributed by atoms with E-state index in [0.717, 1.165) is 13.0 Å². The van der Waals surface area contributed by atoms with Crippen molar-refractivity contribution >= 4 is 11.9 Å². The van der Waals surface area contributed by atoms with Crippen LogP contribution in [0.5, 0.6) is 5.88 Å². The molecule has 1 atom stereocenters. The molecule has 6 heteroatoms. The summed E-state index contributed by atoms with van der Waals surface area (Å²) in [7, 11) is 0. The molecule has 0 spiro atoms. The van der Waals surface area contributed by atoms with E-state index in [2.05, 4.69) is 9.97 Å². The van der Waals surface area contributed by atoms with Gasteiger partial charge in [0, 0.05) is 25.4 Å². The summed E-state index contributed by atoms with van der Waals surface area (Å²) in [6.45, 7) is 5.11. The summed E-state index contributed by atoms with van der Waals surface area (Å²) in [5.74, 6) is -0.0205. The third-order valence-electron chi connectivity index (χ3n) is 3.03. The van der Waals surface area contributed by atoms with Crippen molar-refractivity contribution in [1.29, 1.82) is 0 Å². The van der Waals surface area contributed by atoms with E-state index in [0.29, 0.717) is 24.8 Å². The molecule has 19 heavy (non-hydrogen) atoms. The van der Waals surface area contributed by atoms with E-state index >= 15 is 0 Å². The van der Waals surface area contributed by atoms with Crippen LogP contribution >= 0.6 is 0 Å². The van der Waals surface area contributed by atoms with Crippen LogP contribution in [0.1, 0.15) is 26.7 Å². The number of carbonyl (C=O) groups is 1. The van der Waals surface area contributed by atoms with Gasteiger partial charge in [0.15, 0.2) is 0 Å². The molecule has 0 amide bonds. The van der Waals surface area contributed by atoms with E-state index in [-0.39, 0.29) is 12.0 Å². The number of carboxylic acids is 1. The van der Waals surface area contributed by atoms with Crippen molar-refractivity contribution in [3.63, 3.8) is 0 Å². The molecule has 1 fully saturated rings. The molecule has 6 nitrogen and oxygen atoms in total. The molecule has 1 aromatic heterocycles. The molecule has 0 aromatic carbocycles. The van der Waals surface area contributed by atoms with Gasteiger partial charge in [-0.3, -0.25) is 4.79 Å². The Hall–Kier alpha value is -1.85. The SMILES string of the molecule is CC(C)Oc1ccnc(N2CCCC(C(=O)O)C2)n1. The van der Waals surface area contributed by atoms with E-state index in [1.165, 1.54) is 0 Å². The number of piperidine rings is 1. The second-order valence-electron chi connectivity index (χ2n) is 4.98. The zero-order valence-electron chi connectivity index (χ0n) is 11.2. The Morgan fingerprint density at radius 1 is 1.58 bits per heavy atom. The molecular weight excluding hydrogens is 246 g/mol. The molecule has 0 radical (unpaired) electrons. The highest BCUT2D eigenvalue weighted by Crippen LogP contribution is 2.22. The Kier molecular flexibility index (Phi) is 4.19. The highest BCUT2D eigenvalue weighted by atomic mass is 16.5. The molecule has 1 saturated heterocycles. The number of ether oxygens (including phenoxy) is 1. The molecule has 1 aromatic rings. The Bertz CT molecular complexity index is 451. The van der Waals surface area contributed by atoms with Crippen LogP contribution < -0.4 is 9.64 Å². The van der Waals surface area contributed by atoms with Gasteiger partial charge in [-0.2, -0.15) is 4.98 Å². The van der Waals surface area contributed by atoms with Crippen LogP contribution in [0, 0.1) is 5.92 Å². The monoisotopic (exact) mass is 265 g/mol. The molecule has 2 heterocycles. The Labute approximate surface area is 112 Å². The normalized spacial score (nSPS) is 19.5. The lowest BCUT2D eigenvalue weighted by atomic mass is 9.99. The predicted molar refractivity (Wildman–Crippen MR) is 70.4 cm³/mol. The summed E-state index contributed by atoms with van der Waals surface area (Å²) in [5, 5.41) is 9.08. The standard InChI is InChI=1S/C13H19N3O3/c1-9(2)19-11-5-6-14-13(15-11)16-7-3-4-10(8-16)12(17)18/h5-6,9-10H,3-4,7-8H2,1-2H3,(H,17,18). The first-order valence-electron chi connectivity index (χ1n) is 6.53. The van der Waals surface area contributed by atoms with Gasteiger partial charge in [-0.05, 0) is 26.7 Å². The minimum Gasteiger partial charge on any atom is -0.481 e. The van der Waals surface area contributed by atoms with Crippen LogP contribution in [0.25, 0.3) is 0 Å². The molecule has 1 unspecified atom stereocenters. The molecule has 1 aliphatic heterocycles. The number of aromatic nitrogens is 2. The van der Waals surface area contributed by atoms with Gasteiger partial charge < -0.3 is 14.7 Å². The van der Waals surface area contributed by atoms with Gasteiger partial charge in [0.25, 0.3) is 0 Å². The van der Waals surface area contributed by atoms with Gasteiger partial charge in [-0.25, -0.2) is 4.98 Å². The third-order valence-corrected chi connectivity index (χ3v) is 3.03. The Morgan fingerprint density at radius 3 is 3.05 bits per heavy atom. The summed E-state index contributed by atoms with van der Waals surface area (Å²) in [5.41, 5.74) is 0. The number of nitrogens with zero attached hydrogens (tertiary/aromatic N) is 3. The average molecular weight is 265 g/mol. The van der Waals surface area contributed by atoms with Gasteiger partial charge in [0.2, 0.25) is 11.8 Å². The lowest BCUT2D eigenvalue weighted by Gasteiger charge is -2.30. The van der Waals surface area contributed by atoms with Crippen LogP contribution in [0.3, 0.4) is 0 Å². The second-order valence-corrected chi connectivity index (χ2v) is 4.98. The van der Waals surface area contributed by atoms with Gasteiger partial charge in [0.1, 0.15) is 0 Å². The van der Waals surface area contributed by atoms with Crippen molar-refractivity contribution < 1.29 is 14.6 Å². The van der Waals surface area contributed by atoms with Crippen LogP contribution in [0.4, 0.5) is 5.95 Å². The highest BCUT2D eigenvalue weighted by molar-refractivity contribution is 5.71. The fraction of sp³-hybridized carbons (Fsp3) is 0.615. The maximum Gasteiger partial charge on any atom is 0.308 e. The van der Waals surface area contributed by atoms with Crippen molar-refractivity contribution in [1.82, 2.24) is 9.97 Å². The first kappa shape index (κ1) is 13.6. The molecule has 0 saturated carbocycles. The quantitative estimate of drug-likeness (QED) is 0.890. The number of aliphatic carboxylic acids is 1. The average Bonchev–Trinajstić information content (AvgIpc) is 2.38. The first-order valence-corrected chi connectivity index (χ1v) is 6.53. The van der Waals surface area contributed by atoms with Gasteiger partial charge in [-0.15, -0.1) is 0 Å². The topological polar surface area (TPSA) is 75.5 Å². The van der Waals surface area contributed by atoms with Crippen LogP contribution in [0.2, 0.25) is 0 Å². The molecule has 2 rings (SSSR count). The number of carboxylic acid groups (broad SMARTS) is 1. The molecule has 0 bridgehead atoms. The maximum absolute atomic E-state index is 11.1. The summed E-state index contributed by atoms with van der Waals surface area (Å²) < 4.78 is 5.53. The van der Waals surface area contributed by atoms with E-state index in [9.17, 15) is 4.79 Å². The van der Waals surface area contributed by atoms with E-state index in [1.54, 1.807) is 12.3 Å². The number of hydrogen-bond acceptors (Lipinski definition) is 5. The van der Waals surface area contributed by atoms with Crippen molar-refractivity contribution in [2.75, 3.05) is 18.0 Å². The maximum atomic E-state index is 11.1. The van der Waals surface area contributed by atoms with Crippen LogP contribution in [-0.4, -0.2) is 40.2 Å². The highest BCUT2D eigenvalue weighted by Gasteiger charge is 2.26. The predicted octanol–water partition coefficient (Wildman–Crippen LogP) is 1.56. The summed E-state index contributed by atoms with van der Waals surface area (Å²) in [6.07, 6.45) is 3.25. The van der Waals surface area contributed by atoms with Crippen molar-refractivity contribution in [2.45, 2.75) is 32.8 Å². The van der Waals surface area contributed by atoms with Crippen molar-refractivity contribution in [3.05, 3.63) is 12.3 Å². The lowest BCUT2D eigenvalue weighted by molar-refractivity contribution is -0.141. The minimum absolute atomic E-state index is 0.0517. The van der Waals surface area contributed by atoms with Crippen LogP contribution in [0.15, 0.2) is 12.3 Å². The van der Waals surface area contributed by atoms with E-state index in [4.69, 9.17) is 9.84 Å². The van der Waals surface area contributed by atoms with Crippen molar-refractivity contribution in [3.8, 4) is 5.88 Å². The Balaban J connectivity index is 2.10. The zero-order valence-corrected chi connectivity index (χ0v) is 11.2. The van der Waals surface area contributed by atoms with Gasteiger partial charge in [-0.1, -0.05) is 0 Å². The largest absolute Gasteiger partial charge is 0.481 e. The number of hydrogen-bond donors (Lipinski definition) is 1. The Morgan fingerprint density at radius 2 is 2.37 bits per heavy atom. The molecule has 0 aliphatic carbocycles. The minimum atomic E-state index is -0.751.